The quantitative estimate of drug-likeness (QED) is 0.635. The van der Waals surface area contributed by atoms with Crippen LogP contribution in [0.4, 0.5) is 4.39 Å². The average Bonchev–Trinajstić information content (AvgIpc) is 2.71. The van der Waals surface area contributed by atoms with Crippen molar-refractivity contribution in [2.24, 2.45) is 0 Å². The molecular weight excluding hydrogens is 383 g/mol. The second kappa shape index (κ2) is 9.01. The SMILES string of the molecule is O=C(NNC(=O)c1cccc(F)c1)c1ccc(COc2ccc(Cl)cc2)cc1. The Kier molecular flexibility index (Phi) is 6.24. The van der Waals surface area contributed by atoms with Gasteiger partial charge in [-0.25, -0.2) is 4.39 Å². The molecule has 0 radical (unpaired) electrons. The highest BCUT2D eigenvalue weighted by molar-refractivity contribution is 6.30. The van der Waals surface area contributed by atoms with Gasteiger partial charge in [0.05, 0.1) is 0 Å². The molecule has 0 fully saturated rings. The Balaban J connectivity index is 1.51. The van der Waals surface area contributed by atoms with E-state index in [1.165, 1.54) is 18.2 Å². The number of hydrazine groups is 1. The Morgan fingerprint density at radius 3 is 2.14 bits per heavy atom. The van der Waals surface area contributed by atoms with Gasteiger partial charge in [-0.05, 0) is 60.2 Å². The third-order valence-electron chi connectivity index (χ3n) is 3.81. The first-order valence-electron chi connectivity index (χ1n) is 8.35. The van der Waals surface area contributed by atoms with Crippen molar-refractivity contribution in [2.75, 3.05) is 0 Å². The summed E-state index contributed by atoms with van der Waals surface area (Å²) in [6, 6.07) is 18.9. The van der Waals surface area contributed by atoms with E-state index in [0.717, 1.165) is 11.6 Å². The number of hydrogen-bond acceptors (Lipinski definition) is 3. The molecule has 0 aliphatic carbocycles. The Bertz CT molecular complexity index is 976. The predicted octanol–water partition coefficient (Wildman–Crippen LogP) is 4.13. The lowest BCUT2D eigenvalue weighted by molar-refractivity contribution is 0.0846. The van der Waals surface area contributed by atoms with Crippen LogP contribution in [-0.4, -0.2) is 11.8 Å². The second-order valence-corrected chi connectivity index (χ2v) is 6.29. The van der Waals surface area contributed by atoms with Crippen molar-refractivity contribution in [3.8, 4) is 5.75 Å². The Morgan fingerprint density at radius 1 is 0.857 bits per heavy atom. The fourth-order valence-electron chi connectivity index (χ4n) is 2.34. The van der Waals surface area contributed by atoms with Gasteiger partial charge in [0.1, 0.15) is 18.2 Å². The van der Waals surface area contributed by atoms with Crippen LogP contribution >= 0.6 is 11.6 Å². The molecule has 3 rings (SSSR count). The van der Waals surface area contributed by atoms with Crippen LogP contribution in [-0.2, 0) is 6.61 Å². The lowest BCUT2D eigenvalue weighted by Gasteiger charge is -2.09. The number of benzene rings is 3. The van der Waals surface area contributed by atoms with Gasteiger partial charge in [0.25, 0.3) is 11.8 Å². The fraction of sp³-hybridized carbons (Fsp3) is 0.0476. The zero-order valence-electron chi connectivity index (χ0n) is 14.6. The molecule has 3 aromatic carbocycles. The predicted molar refractivity (Wildman–Crippen MR) is 104 cm³/mol. The van der Waals surface area contributed by atoms with Gasteiger partial charge in [0.15, 0.2) is 0 Å². The molecule has 0 unspecified atom stereocenters. The van der Waals surface area contributed by atoms with E-state index in [1.54, 1.807) is 48.5 Å². The minimum Gasteiger partial charge on any atom is -0.489 e. The number of hydrogen-bond donors (Lipinski definition) is 2. The highest BCUT2D eigenvalue weighted by Crippen LogP contribution is 2.17. The molecule has 0 spiro atoms. The minimum absolute atomic E-state index is 0.106. The van der Waals surface area contributed by atoms with E-state index in [0.29, 0.717) is 22.9 Å². The van der Waals surface area contributed by atoms with Crippen molar-refractivity contribution < 1.29 is 18.7 Å². The van der Waals surface area contributed by atoms with E-state index in [4.69, 9.17) is 16.3 Å². The summed E-state index contributed by atoms with van der Waals surface area (Å²) in [4.78, 5) is 24.0. The number of halogens is 2. The van der Waals surface area contributed by atoms with Gasteiger partial charge in [0, 0.05) is 16.1 Å². The van der Waals surface area contributed by atoms with E-state index in [2.05, 4.69) is 10.9 Å². The summed E-state index contributed by atoms with van der Waals surface area (Å²) in [5.74, 6) is -0.947. The standard InChI is InChI=1S/C21H16ClFN2O3/c22-17-8-10-19(11-9-17)28-13-14-4-6-15(7-5-14)20(26)24-25-21(27)16-2-1-3-18(23)12-16/h1-12H,13H2,(H,24,26)(H,25,27). The van der Waals surface area contributed by atoms with Gasteiger partial charge in [-0.1, -0.05) is 29.8 Å². The number of amides is 2. The van der Waals surface area contributed by atoms with Crippen molar-refractivity contribution in [1.29, 1.82) is 0 Å². The summed E-state index contributed by atoms with van der Waals surface area (Å²) in [5.41, 5.74) is 5.88. The first-order chi connectivity index (χ1) is 13.5. The van der Waals surface area contributed by atoms with Crippen LogP contribution in [0.15, 0.2) is 72.8 Å². The molecule has 0 heterocycles. The summed E-state index contributed by atoms with van der Waals surface area (Å²) in [6.45, 7) is 0.333. The van der Waals surface area contributed by atoms with Crippen LogP contribution in [0.5, 0.6) is 5.75 Å². The van der Waals surface area contributed by atoms with Crippen molar-refractivity contribution in [3.63, 3.8) is 0 Å². The van der Waals surface area contributed by atoms with E-state index >= 15 is 0 Å². The number of rotatable bonds is 5. The molecule has 0 bridgehead atoms. The van der Waals surface area contributed by atoms with Gasteiger partial charge in [-0.2, -0.15) is 0 Å². The van der Waals surface area contributed by atoms with Crippen LogP contribution in [0.2, 0.25) is 5.02 Å². The van der Waals surface area contributed by atoms with Crippen molar-refractivity contribution >= 4 is 23.4 Å². The molecule has 2 amide bonds. The van der Waals surface area contributed by atoms with Gasteiger partial charge < -0.3 is 4.74 Å². The molecule has 0 aliphatic heterocycles. The third kappa shape index (κ3) is 5.31. The van der Waals surface area contributed by atoms with Crippen LogP contribution in [0, 0.1) is 5.82 Å². The lowest BCUT2D eigenvalue weighted by atomic mass is 10.1. The lowest BCUT2D eigenvalue weighted by Crippen LogP contribution is -2.41. The number of nitrogens with one attached hydrogen (secondary N) is 2. The molecular formula is C21H16ClFN2O3. The normalized spacial score (nSPS) is 10.2. The Labute approximate surface area is 166 Å². The highest BCUT2D eigenvalue weighted by Gasteiger charge is 2.10. The van der Waals surface area contributed by atoms with Crippen LogP contribution in [0.1, 0.15) is 26.3 Å². The van der Waals surface area contributed by atoms with Gasteiger partial charge >= 0.3 is 0 Å². The molecule has 0 aromatic heterocycles. The summed E-state index contributed by atoms with van der Waals surface area (Å²) < 4.78 is 18.8. The zero-order valence-corrected chi connectivity index (χ0v) is 15.4. The number of carbonyl (C=O) groups is 2. The molecule has 0 saturated heterocycles. The van der Waals surface area contributed by atoms with E-state index in [1.807, 2.05) is 0 Å². The largest absolute Gasteiger partial charge is 0.489 e. The van der Waals surface area contributed by atoms with Crippen molar-refractivity contribution in [3.05, 3.63) is 100 Å². The van der Waals surface area contributed by atoms with E-state index in [-0.39, 0.29) is 5.56 Å². The summed E-state index contributed by atoms with van der Waals surface area (Å²) in [7, 11) is 0. The smallest absolute Gasteiger partial charge is 0.269 e. The molecule has 7 heteroatoms. The Morgan fingerprint density at radius 2 is 1.50 bits per heavy atom. The van der Waals surface area contributed by atoms with Crippen LogP contribution < -0.4 is 15.6 Å². The molecule has 2 N–H and O–H groups in total. The van der Waals surface area contributed by atoms with Crippen LogP contribution in [0.25, 0.3) is 0 Å². The van der Waals surface area contributed by atoms with Crippen LogP contribution in [0.3, 0.4) is 0 Å². The van der Waals surface area contributed by atoms with Gasteiger partial charge in [0.2, 0.25) is 0 Å². The summed E-state index contributed by atoms with van der Waals surface area (Å²) in [5, 5.41) is 0.632. The molecule has 142 valence electrons. The molecule has 0 saturated carbocycles. The highest BCUT2D eigenvalue weighted by atomic mass is 35.5. The molecule has 0 aliphatic rings. The van der Waals surface area contributed by atoms with Crippen molar-refractivity contribution in [1.82, 2.24) is 10.9 Å². The van der Waals surface area contributed by atoms with E-state index in [9.17, 15) is 14.0 Å². The fourth-order valence-corrected chi connectivity index (χ4v) is 2.46. The minimum atomic E-state index is -0.610. The molecule has 5 nitrogen and oxygen atoms in total. The van der Waals surface area contributed by atoms with Crippen molar-refractivity contribution in [2.45, 2.75) is 6.61 Å². The maximum atomic E-state index is 13.1. The topological polar surface area (TPSA) is 67.4 Å². The number of carbonyl (C=O) groups excluding carboxylic acids is 2. The molecule has 28 heavy (non-hydrogen) atoms. The average molecular weight is 399 g/mol. The summed E-state index contributed by atoms with van der Waals surface area (Å²) in [6.07, 6.45) is 0. The third-order valence-corrected chi connectivity index (χ3v) is 4.06. The first-order valence-corrected chi connectivity index (χ1v) is 8.72. The summed E-state index contributed by atoms with van der Waals surface area (Å²) >= 11 is 5.83. The monoisotopic (exact) mass is 398 g/mol. The van der Waals surface area contributed by atoms with Gasteiger partial charge in [-0.3, -0.25) is 20.4 Å². The maximum Gasteiger partial charge on any atom is 0.269 e. The molecule has 0 atom stereocenters. The van der Waals surface area contributed by atoms with Gasteiger partial charge in [-0.15, -0.1) is 0 Å². The second-order valence-electron chi connectivity index (χ2n) is 5.86. The zero-order chi connectivity index (χ0) is 19.9. The molecule has 3 aromatic rings. The first kappa shape index (κ1) is 19.4. The van der Waals surface area contributed by atoms with E-state index < -0.39 is 17.6 Å². The number of ether oxygens (including phenoxy) is 1. The maximum absolute atomic E-state index is 13.1. The Hall–Kier alpha value is -3.38.